The van der Waals surface area contributed by atoms with Crippen molar-refractivity contribution in [2.75, 3.05) is 20.1 Å². The Bertz CT molecular complexity index is 278. The van der Waals surface area contributed by atoms with Gasteiger partial charge in [0.2, 0.25) is 0 Å². The molecule has 15 heavy (non-hydrogen) atoms. The minimum absolute atomic E-state index is 0.489. The Morgan fingerprint density at radius 3 is 2.80 bits per heavy atom. The van der Waals surface area contributed by atoms with E-state index >= 15 is 0 Å². The largest absolute Gasteiger partial charge is 0.317 e. The van der Waals surface area contributed by atoms with E-state index in [-0.39, 0.29) is 0 Å². The molecule has 1 aliphatic heterocycles. The van der Waals surface area contributed by atoms with Gasteiger partial charge in [-0.25, -0.2) is 4.98 Å². The summed E-state index contributed by atoms with van der Waals surface area (Å²) in [5.41, 5.74) is 0. The number of hydrogen-bond acceptors (Lipinski definition) is 4. The molecule has 0 aliphatic carbocycles. The van der Waals surface area contributed by atoms with Gasteiger partial charge in [0.25, 0.3) is 0 Å². The van der Waals surface area contributed by atoms with Gasteiger partial charge in [0.05, 0.1) is 6.04 Å². The average molecular weight is 225 g/mol. The van der Waals surface area contributed by atoms with Gasteiger partial charge in [-0.05, 0) is 26.8 Å². The zero-order valence-electron chi connectivity index (χ0n) is 9.44. The second-order valence-electron chi connectivity index (χ2n) is 4.15. The van der Waals surface area contributed by atoms with E-state index in [9.17, 15) is 0 Å². The monoisotopic (exact) mass is 225 g/mol. The van der Waals surface area contributed by atoms with Gasteiger partial charge in [-0.3, -0.25) is 4.90 Å². The normalized spacial score (nSPS) is 21.7. The number of nitrogens with one attached hydrogen (secondary N) is 1. The Morgan fingerprint density at radius 1 is 1.53 bits per heavy atom. The predicted octanol–water partition coefficient (Wildman–Crippen LogP) is 1.89. The molecule has 84 valence electrons. The maximum absolute atomic E-state index is 4.39. The van der Waals surface area contributed by atoms with Gasteiger partial charge >= 0.3 is 0 Å². The highest BCUT2D eigenvalue weighted by atomic mass is 32.1. The molecule has 0 saturated carbocycles. The van der Waals surface area contributed by atoms with E-state index in [4.69, 9.17) is 0 Å². The van der Waals surface area contributed by atoms with Gasteiger partial charge in [-0.2, -0.15) is 0 Å². The molecule has 1 unspecified atom stereocenters. The molecule has 1 aliphatic rings. The molecule has 0 bridgehead atoms. The fourth-order valence-electron chi connectivity index (χ4n) is 2.17. The van der Waals surface area contributed by atoms with Gasteiger partial charge in [-0.1, -0.05) is 0 Å². The molecular formula is C11H19N3S. The highest BCUT2D eigenvalue weighted by molar-refractivity contribution is 7.09. The number of nitrogens with zero attached hydrogens (tertiary/aromatic N) is 2. The summed E-state index contributed by atoms with van der Waals surface area (Å²) in [6, 6.07) is 1.20. The average Bonchev–Trinajstić information content (AvgIpc) is 2.82. The van der Waals surface area contributed by atoms with Crippen molar-refractivity contribution in [3.63, 3.8) is 0 Å². The summed E-state index contributed by atoms with van der Waals surface area (Å²) in [4.78, 5) is 6.93. The lowest BCUT2D eigenvalue weighted by Gasteiger charge is -2.35. The number of likely N-dealkylation sites (tertiary alicyclic amines) is 1. The van der Waals surface area contributed by atoms with E-state index < -0.39 is 0 Å². The van der Waals surface area contributed by atoms with Crippen LogP contribution in [0.3, 0.4) is 0 Å². The van der Waals surface area contributed by atoms with Crippen LogP contribution in [0.25, 0.3) is 0 Å². The standard InChI is InChI=1S/C11H19N3S/c1-9(11-13-5-8-15-11)14-6-3-10(12-2)4-7-14/h5,8-10,12H,3-4,6-7H2,1-2H3. The van der Waals surface area contributed by atoms with E-state index in [0.717, 1.165) is 0 Å². The van der Waals surface area contributed by atoms with Crippen molar-refractivity contribution in [3.05, 3.63) is 16.6 Å². The van der Waals surface area contributed by atoms with Crippen molar-refractivity contribution in [2.24, 2.45) is 0 Å². The summed E-state index contributed by atoms with van der Waals surface area (Å²) in [6.07, 6.45) is 4.41. The van der Waals surface area contributed by atoms with Crippen molar-refractivity contribution in [3.8, 4) is 0 Å². The first-order valence-electron chi connectivity index (χ1n) is 5.62. The van der Waals surface area contributed by atoms with Crippen LogP contribution in [0.15, 0.2) is 11.6 Å². The molecule has 0 spiro atoms. The molecule has 2 rings (SSSR count). The lowest BCUT2D eigenvalue weighted by molar-refractivity contribution is 0.155. The van der Waals surface area contributed by atoms with E-state index in [2.05, 4.69) is 34.6 Å². The summed E-state index contributed by atoms with van der Waals surface area (Å²) >= 11 is 1.76. The maximum atomic E-state index is 4.39. The lowest BCUT2D eigenvalue weighted by atomic mass is 10.0. The molecular weight excluding hydrogens is 206 g/mol. The Labute approximate surface area is 95.5 Å². The topological polar surface area (TPSA) is 28.2 Å². The summed E-state index contributed by atoms with van der Waals surface area (Å²) in [7, 11) is 2.06. The van der Waals surface area contributed by atoms with Crippen LogP contribution in [0.4, 0.5) is 0 Å². The third kappa shape index (κ3) is 2.56. The van der Waals surface area contributed by atoms with E-state index in [1.165, 1.54) is 30.9 Å². The number of thiazole rings is 1. The van der Waals surface area contributed by atoms with Crippen molar-refractivity contribution in [1.29, 1.82) is 0 Å². The second kappa shape index (κ2) is 5.05. The van der Waals surface area contributed by atoms with Crippen LogP contribution >= 0.6 is 11.3 Å². The van der Waals surface area contributed by atoms with Gasteiger partial charge in [-0.15, -0.1) is 11.3 Å². The van der Waals surface area contributed by atoms with Crippen molar-refractivity contribution >= 4 is 11.3 Å². The third-order valence-electron chi connectivity index (χ3n) is 3.29. The van der Waals surface area contributed by atoms with Crippen LogP contribution in [0, 0.1) is 0 Å². The number of rotatable bonds is 3. The smallest absolute Gasteiger partial charge is 0.109 e. The molecule has 1 aromatic rings. The Morgan fingerprint density at radius 2 is 2.27 bits per heavy atom. The van der Waals surface area contributed by atoms with Crippen molar-refractivity contribution in [2.45, 2.75) is 31.8 Å². The third-order valence-corrected chi connectivity index (χ3v) is 4.24. The minimum Gasteiger partial charge on any atom is -0.317 e. The number of aromatic nitrogens is 1. The highest BCUT2D eigenvalue weighted by Crippen LogP contribution is 2.25. The molecule has 1 atom stereocenters. The van der Waals surface area contributed by atoms with Gasteiger partial charge < -0.3 is 5.32 Å². The number of hydrogen-bond donors (Lipinski definition) is 1. The molecule has 1 fully saturated rings. The zero-order chi connectivity index (χ0) is 10.7. The van der Waals surface area contributed by atoms with Gasteiger partial charge in [0.15, 0.2) is 0 Å². The van der Waals surface area contributed by atoms with Crippen molar-refractivity contribution < 1.29 is 0 Å². The Balaban J connectivity index is 1.90. The minimum atomic E-state index is 0.489. The fourth-order valence-corrected chi connectivity index (χ4v) is 2.90. The second-order valence-corrected chi connectivity index (χ2v) is 5.07. The molecule has 0 amide bonds. The van der Waals surface area contributed by atoms with Crippen LogP contribution in [0.2, 0.25) is 0 Å². The zero-order valence-corrected chi connectivity index (χ0v) is 10.3. The summed E-state index contributed by atoms with van der Waals surface area (Å²) in [5, 5.41) is 6.67. The van der Waals surface area contributed by atoms with Crippen LogP contribution in [-0.4, -0.2) is 36.1 Å². The van der Waals surface area contributed by atoms with Crippen LogP contribution < -0.4 is 5.32 Å². The van der Waals surface area contributed by atoms with Crippen LogP contribution in [0.1, 0.15) is 30.8 Å². The molecule has 2 heterocycles. The lowest BCUT2D eigenvalue weighted by Crippen LogP contribution is -2.42. The molecule has 0 radical (unpaired) electrons. The predicted molar refractivity (Wildman–Crippen MR) is 64.2 cm³/mol. The first-order chi connectivity index (χ1) is 7.31. The SMILES string of the molecule is CNC1CCN(C(C)c2nccs2)CC1. The molecule has 1 saturated heterocycles. The summed E-state index contributed by atoms with van der Waals surface area (Å²) in [6.45, 7) is 4.64. The summed E-state index contributed by atoms with van der Waals surface area (Å²) in [5.74, 6) is 0. The molecule has 1 N–H and O–H groups in total. The van der Waals surface area contributed by atoms with E-state index in [1.54, 1.807) is 11.3 Å². The quantitative estimate of drug-likeness (QED) is 0.851. The summed E-state index contributed by atoms with van der Waals surface area (Å²) < 4.78 is 0. The molecule has 1 aromatic heterocycles. The first kappa shape index (κ1) is 11.0. The molecule has 4 heteroatoms. The van der Waals surface area contributed by atoms with E-state index in [0.29, 0.717) is 12.1 Å². The van der Waals surface area contributed by atoms with E-state index in [1.807, 2.05) is 6.20 Å². The molecule has 3 nitrogen and oxygen atoms in total. The molecule has 0 aromatic carbocycles. The van der Waals surface area contributed by atoms with Crippen molar-refractivity contribution in [1.82, 2.24) is 15.2 Å². The van der Waals surface area contributed by atoms with Crippen LogP contribution in [-0.2, 0) is 0 Å². The van der Waals surface area contributed by atoms with Crippen LogP contribution in [0.5, 0.6) is 0 Å². The van der Waals surface area contributed by atoms with Gasteiger partial charge in [0, 0.05) is 30.7 Å². The highest BCUT2D eigenvalue weighted by Gasteiger charge is 2.23. The fraction of sp³-hybridized carbons (Fsp3) is 0.727. The van der Waals surface area contributed by atoms with Gasteiger partial charge in [0.1, 0.15) is 5.01 Å². The first-order valence-corrected chi connectivity index (χ1v) is 6.50. The number of piperidine rings is 1. The Hall–Kier alpha value is -0.450. The maximum Gasteiger partial charge on any atom is 0.109 e. The Kier molecular flexibility index (Phi) is 3.72.